The Bertz CT molecular complexity index is 937. The molecule has 28 heavy (non-hydrogen) atoms. The van der Waals surface area contributed by atoms with Crippen molar-refractivity contribution in [3.63, 3.8) is 0 Å². The molecule has 1 saturated heterocycles. The highest BCUT2D eigenvalue weighted by Gasteiger charge is 2.58. The lowest BCUT2D eigenvalue weighted by atomic mass is 9.91. The molecule has 0 spiro atoms. The first-order valence-corrected chi connectivity index (χ1v) is 9.44. The Hall–Kier alpha value is -3.14. The minimum atomic E-state index is -0.141. The number of nitriles is 1. The quantitative estimate of drug-likeness (QED) is 0.805. The summed E-state index contributed by atoms with van der Waals surface area (Å²) < 4.78 is 5.26. The van der Waals surface area contributed by atoms with Gasteiger partial charge in [0.15, 0.2) is 6.19 Å². The number of rotatable bonds is 5. The van der Waals surface area contributed by atoms with Gasteiger partial charge in [0.1, 0.15) is 11.6 Å². The number of carbonyl (C=O) groups is 1. The molecule has 1 N–H and O–H groups in total. The Labute approximate surface area is 164 Å². The molecular formula is C21H23N5O2. The molecule has 144 valence electrons. The van der Waals surface area contributed by atoms with E-state index >= 15 is 0 Å². The number of anilines is 1. The molecule has 4 rings (SSSR count). The van der Waals surface area contributed by atoms with Crippen molar-refractivity contribution < 1.29 is 9.53 Å². The predicted octanol–water partition coefficient (Wildman–Crippen LogP) is 2.42. The molecule has 0 radical (unpaired) electrons. The average molecular weight is 377 g/mol. The van der Waals surface area contributed by atoms with Gasteiger partial charge in [-0.1, -0.05) is 6.07 Å². The van der Waals surface area contributed by atoms with Crippen LogP contribution < -0.4 is 10.1 Å². The summed E-state index contributed by atoms with van der Waals surface area (Å²) in [6.07, 6.45) is 8.02. The fraction of sp³-hybridized carbons (Fsp3) is 0.429. The number of likely N-dealkylation sites (tertiary alicyclic amines) is 1. The van der Waals surface area contributed by atoms with Gasteiger partial charge < -0.3 is 15.0 Å². The molecule has 1 saturated carbocycles. The van der Waals surface area contributed by atoms with Crippen molar-refractivity contribution in [3.05, 3.63) is 47.4 Å². The van der Waals surface area contributed by atoms with E-state index in [4.69, 9.17) is 10.00 Å². The monoisotopic (exact) mass is 377 g/mol. The maximum absolute atomic E-state index is 12.3. The van der Waals surface area contributed by atoms with Crippen molar-refractivity contribution in [2.24, 2.45) is 5.92 Å². The van der Waals surface area contributed by atoms with E-state index in [9.17, 15) is 4.79 Å². The SMILES string of the molecule is COc1cc(NC(=O)Cc2ccc(C34CCN(C#N)CC3C4)nc2)ncc1C. The van der Waals surface area contributed by atoms with Crippen molar-refractivity contribution in [1.29, 1.82) is 5.26 Å². The summed E-state index contributed by atoms with van der Waals surface area (Å²) in [5.74, 6) is 1.54. The number of nitrogens with one attached hydrogen (secondary N) is 1. The normalized spacial score (nSPS) is 22.8. The van der Waals surface area contributed by atoms with E-state index in [0.717, 1.165) is 42.8 Å². The lowest BCUT2D eigenvalue weighted by Gasteiger charge is -2.27. The second-order valence-electron chi connectivity index (χ2n) is 7.67. The van der Waals surface area contributed by atoms with Crippen molar-refractivity contribution in [1.82, 2.24) is 14.9 Å². The van der Waals surface area contributed by atoms with E-state index < -0.39 is 0 Å². The lowest BCUT2D eigenvalue weighted by Crippen LogP contribution is -2.33. The summed E-state index contributed by atoms with van der Waals surface area (Å²) in [4.78, 5) is 23.0. The number of pyridine rings is 2. The van der Waals surface area contributed by atoms with Gasteiger partial charge in [0.25, 0.3) is 0 Å². The van der Waals surface area contributed by atoms with Gasteiger partial charge in [-0.2, -0.15) is 5.26 Å². The van der Waals surface area contributed by atoms with Crippen LogP contribution in [0.2, 0.25) is 0 Å². The third-order valence-corrected chi connectivity index (χ3v) is 5.88. The number of piperidine rings is 1. The molecule has 7 heteroatoms. The lowest BCUT2D eigenvalue weighted by molar-refractivity contribution is -0.115. The summed E-state index contributed by atoms with van der Waals surface area (Å²) >= 11 is 0. The van der Waals surface area contributed by atoms with E-state index in [1.54, 1.807) is 25.6 Å². The smallest absolute Gasteiger partial charge is 0.230 e. The Morgan fingerprint density at radius 2 is 2.29 bits per heavy atom. The summed E-state index contributed by atoms with van der Waals surface area (Å²) in [6, 6.07) is 5.73. The third-order valence-electron chi connectivity index (χ3n) is 5.88. The van der Waals surface area contributed by atoms with Gasteiger partial charge >= 0.3 is 0 Å². The molecule has 3 heterocycles. The molecule has 2 atom stereocenters. The molecule has 2 aromatic heterocycles. The van der Waals surface area contributed by atoms with Crippen LogP contribution in [0.1, 0.15) is 29.7 Å². The maximum atomic E-state index is 12.3. The van der Waals surface area contributed by atoms with Crippen molar-refractivity contribution in [2.75, 3.05) is 25.5 Å². The number of hydrogen-bond donors (Lipinski definition) is 1. The van der Waals surface area contributed by atoms with Crippen LogP contribution in [0.5, 0.6) is 5.75 Å². The zero-order chi connectivity index (χ0) is 19.7. The van der Waals surface area contributed by atoms with Crippen LogP contribution >= 0.6 is 0 Å². The number of carbonyl (C=O) groups excluding carboxylic acids is 1. The Morgan fingerprint density at radius 1 is 1.43 bits per heavy atom. The fourth-order valence-corrected chi connectivity index (χ4v) is 4.14. The zero-order valence-corrected chi connectivity index (χ0v) is 16.1. The number of hydrogen-bond acceptors (Lipinski definition) is 6. The molecule has 2 aliphatic rings. The Kier molecular flexibility index (Phi) is 4.63. The van der Waals surface area contributed by atoms with E-state index in [1.807, 2.05) is 24.0 Å². The first-order valence-electron chi connectivity index (χ1n) is 9.44. The van der Waals surface area contributed by atoms with Crippen LogP contribution in [-0.4, -0.2) is 41.0 Å². The minimum absolute atomic E-state index is 0.135. The summed E-state index contributed by atoms with van der Waals surface area (Å²) in [5.41, 5.74) is 3.00. The molecule has 7 nitrogen and oxygen atoms in total. The highest BCUT2D eigenvalue weighted by atomic mass is 16.5. The highest BCUT2D eigenvalue weighted by Crippen LogP contribution is 2.58. The number of methoxy groups -OCH3 is 1. The van der Waals surface area contributed by atoms with Gasteiger partial charge in [-0.15, -0.1) is 0 Å². The molecule has 1 aliphatic heterocycles. The molecule has 1 amide bonds. The van der Waals surface area contributed by atoms with Crippen LogP contribution in [0.25, 0.3) is 0 Å². The first-order chi connectivity index (χ1) is 13.5. The molecule has 2 unspecified atom stereocenters. The predicted molar refractivity (Wildman–Crippen MR) is 104 cm³/mol. The minimum Gasteiger partial charge on any atom is -0.496 e. The zero-order valence-electron chi connectivity index (χ0n) is 16.1. The second-order valence-corrected chi connectivity index (χ2v) is 7.67. The van der Waals surface area contributed by atoms with Gasteiger partial charge in [-0.05, 0) is 37.3 Å². The van der Waals surface area contributed by atoms with Crippen LogP contribution in [0, 0.1) is 24.3 Å². The maximum Gasteiger partial charge on any atom is 0.230 e. The van der Waals surface area contributed by atoms with Crippen molar-refractivity contribution in [2.45, 2.75) is 31.6 Å². The largest absolute Gasteiger partial charge is 0.496 e. The molecular weight excluding hydrogens is 354 g/mol. The van der Waals surface area contributed by atoms with Crippen LogP contribution in [0.3, 0.4) is 0 Å². The van der Waals surface area contributed by atoms with Crippen LogP contribution in [-0.2, 0) is 16.6 Å². The van der Waals surface area contributed by atoms with Gasteiger partial charge in [0.05, 0.1) is 13.5 Å². The first kappa shape index (κ1) is 18.2. The van der Waals surface area contributed by atoms with Gasteiger partial charge in [0.2, 0.25) is 5.91 Å². The summed E-state index contributed by atoms with van der Waals surface area (Å²) in [5, 5.41) is 11.9. The van der Waals surface area contributed by atoms with Crippen molar-refractivity contribution >= 4 is 11.7 Å². The van der Waals surface area contributed by atoms with E-state index in [1.165, 1.54) is 0 Å². The van der Waals surface area contributed by atoms with Gasteiger partial charge in [-0.25, -0.2) is 4.98 Å². The van der Waals surface area contributed by atoms with Gasteiger partial charge in [-0.3, -0.25) is 9.78 Å². The van der Waals surface area contributed by atoms with Crippen LogP contribution in [0.4, 0.5) is 5.82 Å². The summed E-state index contributed by atoms with van der Waals surface area (Å²) in [6.45, 7) is 3.53. The molecule has 2 aromatic rings. The number of aromatic nitrogens is 2. The number of amides is 1. The Balaban J connectivity index is 1.38. The van der Waals surface area contributed by atoms with Crippen LogP contribution in [0.15, 0.2) is 30.6 Å². The molecule has 1 aliphatic carbocycles. The van der Waals surface area contributed by atoms with E-state index in [0.29, 0.717) is 17.5 Å². The fourth-order valence-electron chi connectivity index (χ4n) is 4.14. The topological polar surface area (TPSA) is 91.1 Å². The second kappa shape index (κ2) is 7.12. The number of ether oxygens (including phenoxy) is 1. The van der Waals surface area contributed by atoms with E-state index in [2.05, 4.69) is 21.5 Å². The molecule has 0 bridgehead atoms. The third kappa shape index (κ3) is 3.38. The number of nitrogens with zero attached hydrogens (tertiary/aromatic N) is 4. The Morgan fingerprint density at radius 3 is 2.96 bits per heavy atom. The van der Waals surface area contributed by atoms with Crippen molar-refractivity contribution in [3.8, 4) is 11.9 Å². The van der Waals surface area contributed by atoms with E-state index in [-0.39, 0.29) is 17.7 Å². The standard InChI is InChI=1S/C21H23N5O2/c1-14-10-24-19(8-17(14)28-2)25-20(27)7-15-3-4-18(23-11-15)21-5-6-26(13-22)12-16(21)9-21/h3-4,8,10-11,16H,5-7,9,12H2,1-2H3,(H,24,25,27). The van der Waals surface area contributed by atoms with Gasteiger partial charge in [0, 0.05) is 48.2 Å². The highest BCUT2D eigenvalue weighted by molar-refractivity contribution is 5.91. The molecule has 2 fully saturated rings. The molecule has 0 aromatic carbocycles. The number of aryl methyl sites for hydroxylation is 1. The average Bonchev–Trinajstić information content (AvgIpc) is 3.44. The summed E-state index contributed by atoms with van der Waals surface area (Å²) in [7, 11) is 1.59. The number of fused-ring (bicyclic) bond motifs is 1.